The molecule has 0 saturated carbocycles. The van der Waals surface area contributed by atoms with Crippen molar-refractivity contribution in [2.75, 3.05) is 0 Å². The molecule has 90 valence electrons. The van der Waals surface area contributed by atoms with E-state index in [-0.39, 0.29) is 5.82 Å². The quantitative estimate of drug-likeness (QED) is 0.191. The van der Waals surface area contributed by atoms with E-state index in [0.717, 1.165) is 0 Å². The van der Waals surface area contributed by atoms with Gasteiger partial charge in [0.25, 0.3) is 0 Å². The van der Waals surface area contributed by atoms with Gasteiger partial charge in [0.1, 0.15) is 0 Å². The van der Waals surface area contributed by atoms with Gasteiger partial charge in [0, 0.05) is 6.92 Å². The summed E-state index contributed by atoms with van der Waals surface area (Å²) in [5.41, 5.74) is 3.53. The van der Waals surface area contributed by atoms with Crippen LogP contribution in [0.2, 0.25) is 0 Å². The van der Waals surface area contributed by atoms with Crippen LogP contribution in [0.25, 0.3) is 0 Å². The average Bonchev–Trinajstić information content (AvgIpc) is 2.36. The van der Waals surface area contributed by atoms with Gasteiger partial charge >= 0.3 is 11.8 Å². The highest BCUT2D eigenvalue weighted by atomic mass is 16.2. The molecule has 0 bridgehead atoms. The Bertz CT molecular complexity index is 452. The second kappa shape index (κ2) is 5.05. The fourth-order valence-electron chi connectivity index (χ4n) is 0.866. The van der Waals surface area contributed by atoms with E-state index in [0.29, 0.717) is 0 Å². The number of carbonyl (C=O) groups excluding carboxylic acids is 3. The van der Waals surface area contributed by atoms with Gasteiger partial charge in [-0.2, -0.15) is 4.98 Å². The minimum absolute atomic E-state index is 0.336. The van der Waals surface area contributed by atoms with Crippen molar-refractivity contribution in [1.82, 2.24) is 25.8 Å². The molecule has 0 aromatic carbocycles. The van der Waals surface area contributed by atoms with Crippen LogP contribution in [0.5, 0.6) is 0 Å². The number of amides is 2. The Balaban J connectivity index is 3.33. The molecule has 10 heteroatoms. The van der Waals surface area contributed by atoms with Gasteiger partial charge in [-0.3, -0.25) is 25.2 Å². The maximum absolute atomic E-state index is 11.2. The molecule has 0 aliphatic rings. The van der Waals surface area contributed by atoms with Crippen LogP contribution in [0.4, 0.5) is 0 Å². The lowest BCUT2D eigenvalue weighted by molar-refractivity contribution is 0.0934. The fraction of sp³-hybridized carbons (Fsp3) is 0.143. The summed E-state index contributed by atoms with van der Waals surface area (Å²) in [6, 6.07) is 0. The van der Waals surface area contributed by atoms with Crippen molar-refractivity contribution >= 4 is 17.6 Å². The third-order valence-corrected chi connectivity index (χ3v) is 1.62. The molecule has 0 aliphatic carbocycles. The molecule has 0 unspecified atom stereocenters. The van der Waals surface area contributed by atoms with Crippen molar-refractivity contribution in [2.45, 2.75) is 6.92 Å². The van der Waals surface area contributed by atoms with Gasteiger partial charge in [-0.05, 0) is 0 Å². The number of nitrogen functional groups attached to an aromatic ring is 2. The third kappa shape index (κ3) is 2.76. The smallest absolute Gasteiger partial charge is 0.291 e. The molecule has 10 nitrogen and oxygen atoms in total. The summed E-state index contributed by atoms with van der Waals surface area (Å²) in [7, 11) is 0. The zero-order valence-electron chi connectivity index (χ0n) is 8.72. The number of aromatic nitrogens is 3. The summed E-state index contributed by atoms with van der Waals surface area (Å²) < 4.78 is 0. The lowest BCUT2D eigenvalue weighted by Gasteiger charge is -2.03. The van der Waals surface area contributed by atoms with E-state index in [1.165, 1.54) is 6.92 Å². The largest absolute Gasteiger partial charge is 0.303 e. The van der Waals surface area contributed by atoms with E-state index in [1.807, 2.05) is 0 Å². The minimum Gasteiger partial charge on any atom is -0.291 e. The van der Waals surface area contributed by atoms with Crippen LogP contribution < -0.4 is 22.5 Å². The number of nitrogens with one attached hydrogen (secondary N) is 2. The van der Waals surface area contributed by atoms with Crippen LogP contribution in [-0.4, -0.2) is 32.5 Å². The molecule has 1 heterocycles. The Kier molecular flexibility index (Phi) is 3.74. The number of hydrogen-bond donors (Lipinski definition) is 4. The summed E-state index contributed by atoms with van der Waals surface area (Å²) >= 11 is 0. The topological polar surface area (TPSA) is 166 Å². The number of carbonyl (C=O) groups is 3. The van der Waals surface area contributed by atoms with E-state index in [1.54, 1.807) is 10.9 Å². The van der Waals surface area contributed by atoms with E-state index >= 15 is 0 Å². The summed E-state index contributed by atoms with van der Waals surface area (Å²) in [5, 5.41) is 0. The predicted octanol–water partition coefficient (Wildman–Crippen LogP) is -2.72. The molecule has 6 N–H and O–H groups in total. The molecule has 2 amide bonds. The van der Waals surface area contributed by atoms with Gasteiger partial charge in [0.15, 0.2) is 11.6 Å². The number of rotatable bonds is 3. The van der Waals surface area contributed by atoms with E-state index < -0.39 is 29.2 Å². The van der Waals surface area contributed by atoms with Gasteiger partial charge in [0.2, 0.25) is 11.6 Å². The lowest BCUT2D eigenvalue weighted by Crippen LogP contribution is -2.35. The highest BCUT2D eigenvalue weighted by molar-refractivity contribution is 5.96. The SMILES string of the molecule is CC(=O)c1nc(C(=O)NN)nc(C(=O)NN)n1. The second-order valence-electron chi connectivity index (χ2n) is 2.81. The van der Waals surface area contributed by atoms with Crippen molar-refractivity contribution in [3.05, 3.63) is 17.5 Å². The Hall–Kier alpha value is -2.46. The monoisotopic (exact) mass is 239 g/mol. The standard InChI is InChI=1S/C7H9N7O3/c1-2(15)3-10-4(6(16)13-8)12-5(11-3)7(17)14-9/h8-9H2,1H3,(H,13,16)(H,14,17). The van der Waals surface area contributed by atoms with Crippen LogP contribution in [0, 0.1) is 0 Å². The number of ketones is 1. The predicted molar refractivity (Wildman–Crippen MR) is 53.1 cm³/mol. The van der Waals surface area contributed by atoms with Crippen LogP contribution in [0.1, 0.15) is 38.8 Å². The van der Waals surface area contributed by atoms with Crippen molar-refractivity contribution in [1.29, 1.82) is 0 Å². The van der Waals surface area contributed by atoms with Gasteiger partial charge < -0.3 is 0 Å². The first kappa shape index (κ1) is 12.6. The molecule has 17 heavy (non-hydrogen) atoms. The fourth-order valence-corrected chi connectivity index (χ4v) is 0.866. The second-order valence-corrected chi connectivity index (χ2v) is 2.81. The summed E-state index contributed by atoms with van der Waals surface area (Å²) in [6.07, 6.45) is 0. The highest BCUT2D eigenvalue weighted by Gasteiger charge is 2.18. The molecule has 0 radical (unpaired) electrons. The number of hydrazine groups is 2. The highest BCUT2D eigenvalue weighted by Crippen LogP contribution is 1.98. The van der Waals surface area contributed by atoms with Gasteiger partial charge in [-0.15, -0.1) is 0 Å². The van der Waals surface area contributed by atoms with E-state index in [9.17, 15) is 14.4 Å². The van der Waals surface area contributed by atoms with E-state index in [4.69, 9.17) is 11.7 Å². The number of nitrogens with zero attached hydrogens (tertiary/aromatic N) is 3. The Labute approximate surface area is 94.8 Å². The minimum atomic E-state index is -0.860. The first-order chi connectivity index (χ1) is 7.99. The van der Waals surface area contributed by atoms with Crippen LogP contribution in [-0.2, 0) is 0 Å². The first-order valence-corrected chi connectivity index (χ1v) is 4.28. The zero-order chi connectivity index (χ0) is 13.0. The maximum atomic E-state index is 11.2. The van der Waals surface area contributed by atoms with Gasteiger partial charge in [0.05, 0.1) is 0 Å². The van der Waals surface area contributed by atoms with Crippen molar-refractivity contribution < 1.29 is 14.4 Å². The molecule has 1 aromatic heterocycles. The van der Waals surface area contributed by atoms with Gasteiger partial charge in [-0.1, -0.05) is 0 Å². The van der Waals surface area contributed by atoms with Crippen LogP contribution in [0.15, 0.2) is 0 Å². The van der Waals surface area contributed by atoms with Crippen molar-refractivity contribution in [3.63, 3.8) is 0 Å². The van der Waals surface area contributed by atoms with E-state index in [2.05, 4.69) is 15.0 Å². The Morgan fingerprint density at radius 2 is 1.24 bits per heavy atom. The molecular weight excluding hydrogens is 230 g/mol. The van der Waals surface area contributed by atoms with Crippen molar-refractivity contribution in [3.8, 4) is 0 Å². The number of hydrogen-bond acceptors (Lipinski definition) is 8. The first-order valence-electron chi connectivity index (χ1n) is 4.28. The normalized spacial score (nSPS) is 9.59. The molecule has 0 saturated heterocycles. The Morgan fingerprint density at radius 1 is 0.882 bits per heavy atom. The molecule has 0 spiro atoms. The number of Topliss-reactive ketones (excluding diaryl/α,β-unsaturated/α-hetero) is 1. The van der Waals surface area contributed by atoms with Crippen molar-refractivity contribution in [2.24, 2.45) is 11.7 Å². The molecule has 0 aliphatic heterocycles. The molecule has 0 fully saturated rings. The van der Waals surface area contributed by atoms with Gasteiger partial charge in [-0.25, -0.2) is 21.7 Å². The van der Waals surface area contributed by atoms with Crippen LogP contribution in [0.3, 0.4) is 0 Å². The summed E-state index contributed by atoms with van der Waals surface area (Å²) in [6.45, 7) is 1.17. The molecule has 1 aromatic rings. The molecule has 0 atom stereocenters. The molecular formula is C7H9N7O3. The Morgan fingerprint density at radius 3 is 1.53 bits per heavy atom. The average molecular weight is 239 g/mol. The third-order valence-electron chi connectivity index (χ3n) is 1.62. The maximum Gasteiger partial charge on any atom is 0.303 e. The summed E-state index contributed by atoms with van der Waals surface area (Å²) in [4.78, 5) is 44.0. The number of nitrogens with two attached hydrogens (primary N) is 2. The summed E-state index contributed by atoms with van der Waals surface area (Å²) in [5.74, 6) is 6.26. The zero-order valence-corrected chi connectivity index (χ0v) is 8.72. The van der Waals surface area contributed by atoms with Crippen LogP contribution >= 0.6 is 0 Å². The molecule has 1 rings (SSSR count). The lowest BCUT2D eigenvalue weighted by atomic mass is 10.4.